The molecule has 30 heavy (non-hydrogen) atoms. The van der Waals surface area contributed by atoms with Gasteiger partial charge in [0.25, 0.3) is 17.5 Å². The van der Waals surface area contributed by atoms with Gasteiger partial charge in [0.05, 0.1) is 23.8 Å². The zero-order valence-electron chi connectivity index (χ0n) is 16.5. The van der Waals surface area contributed by atoms with E-state index in [0.29, 0.717) is 23.1 Å². The largest absolute Gasteiger partial charge is 0.369 e. The van der Waals surface area contributed by atoms with Gasteiger partial charge in [0.1, 0.15) is 5.69 Å². The molecule has 0 spiro atoms. The van der Waals surface area contributed by atoms with Gasteiger partial charge in [-0.25, -0.2) is 13.8 Å². The van der Waals surface area contributed by atoms with Crippen LogP contribution in [-0.4, -0.2) is 56.6 Å². The summed E-state index contributed by atoms with van der Waals surface area (Å²) < 4.78 is 27.7. The zero-order chi connectivity index (χ0) is 21.3. The quantitative estimate of drug-likeness (QED) is 0.620. The fourth-order valence-electron chi connectivity index (χ4n) is 3.66. The molecule has 0 amide bonds. The van der Waals surface area contributed by atoms with Crippen molar-refractivity contribution in [2.75, 3.05) is 31.1 Å². The normalized spacial score (nSPS) is 15.3. The number of anilines is 1. The summed E-state index contributed by atoms with van der Waals surface area (Å²) in [5.74, 6) is 0. The van der Waals surface area contributed by atoms with Crippen molar-refractivity contribution in [2.24, 2.45) is 7.05 Å². The van der Waals surface area contributed by atoms with Crippen LogP contribution in [0.1, 0.15) is 5.69 Å². The minimum atomic E-state index is -2.61. The third-order valence-electron chi connectivity index (χ3n) is 5.34. The van der Waals surface area contributed by atoms with E-state index in [2.05, 4.69) is 19.8 Å². The molecule has 8 nitrogen and oxygen atoms in total. The van der Waals surface area contributed by atoms with Gasteiger partial charge in [-0.1, -0.05) is 0 Å². The molecule has 0 unspecified atom stereocenters. The molecule has 1 aromatic carbocycles. The van der Waals surface area contributed by atoms with E-state index in [0.717, 1.165) is 36.4 Å². The van der Waals surface area contributed by atoms with Crippen molar-refractivity contribution in [3.8, 4) is 0 Å². The molecule has 0 aliphatic carbocycles. The number of piperazine rings is 1. The van der Waals surface area contributed by atoms with Gasteiger partial charge in [0, 0.05) is 57.9 Å². The summed E-state index contributed by atoms with van der Waals surface area (Å²) in [7, 11) is 1.71. The van der Waals surface area contributed by atoms with Crippen molar-refractivity contribution in [1.82, 2.24) is 24.0 Å². The molecule has 1 aliphatic rings. The molecule has 3 aromatic rings. The maximum atomic E-state index is 12.6. The first kappa shape index (κ1) is 20.1. The topological polar surface area (TPSA) is 76.3 Å². The van der Waals surface area contributed by atoms with Crippen molar-refractivity contribution < 1.29 is 8.78 Å². The smallest absolute Gasteiger partial charge is 0.273 e. The number of aryl methyl sites for hydroxylation is 1. The minimum absolute atomic E-state index is 0.0852. The number of hydrogen-bond acceptors (Lipinski definition) is 6. The van der Waals surface area contributed by atoms with Gasteiger partial charge < -0.3 is 9.47 Å². The van der Waals surface area contributed by atoms with E-state index in [4.69, 9.17) is 0 Å². The van der Waals surface area contributed by atoms with E-state index >= 15 is 0 Å². The third-order valence-corrected chi connectivity index (χ3v) is 5.34. The summed E-state index contributed by atoms with van der Waals surface area (Å²) >= 11 is 0. The van der Waals surface area contributed by atoms with Crippen LogP contribution in [-0.2, 0) is 20.1 Å². The average Bonchev–Trinajstić information content (AvgIpc) is 2.73. The van der Waals surface area contributed by atoms with Gasteiger partial charge in [0.2, 0.25) is 0 Å². The lowest BCUT2D eigenvalue weighted by molar-refractivity contribution is 0.125. The first-order chi connectivity index (χ1) is 14.4. The van der Waals surface area contributed by atoms with E-state index in [-0.39, 0.29) is 5.56 Å². The number of halogens is 2. The lowest BCUT2D eigenvalue weighted by Gasteiger charge is -2.35. The average molecular weight is 416 g/mol. The Morgan fingerprint density at radius 3 is 2.57 bits per heavy atom. The first-order valence-corrected chi connectivity index (χ1v) is 9.67. The Balaban J connectivity index is 1.46. The molecule has 4 rings (SSSR count). The van der Waals surface area contributed by atoms with Crippen LogP contribution >= 0.6 is 0 Å². The summed E-state index contributed by atoms with van der Waals surface area (Å²) in [4.78, 5) is 37.3. The molecule has 1 aliphatic heterocycles. The lowest BCUT2D eigenvalue weighted by atomic mass is 10.2. The van der Waals surface area contributed by atoms with Crippen LogP contribution < -0.4 is 16.0 Å². The van der Waals surface area contributed by atoms with Crippen LogP contribution in [0.25, 0.3) is 10.9 Å². The van der Waals surface area contributed by atoms with Crippen LogP contribution in [0.5, 0.6) is 0 Å². The molecule has 1 fully saturated rings. The fourth-order valence-corrected chi connectivity index (χ4v) is 3.66. The highest BCUT2D eigenvalue weighted by Gasteiger charge is 2.20. The van der Waals surface area contributed by atoms with Gasteiger partial charge in [-0.3, -0.25) is 24.0 Å². The van der Waals surface area contributed by atoms with E-state index in [1.807, 2.05) is 12.1 Å². The Morgan fingerprint density at radius 2 is 1.83 bits per heavy atom. The van der Waals surface area contributed by atoms with Crippen LogP contribution in [0.2, 0.25) is 0 Å². The van der Waals surface area contributed by atoms with E-state index in [1.54, 1.807) is 25.5 Å². The molecular formula is C20H22F2N6O2. The second kappa shape index (κ2) is 8.31. The lowest BCUT2D eigenvalue weighted by Crippen LogP contribution is -2.46. The SMILES string of the molecule is Cn1ccnc(CN2CCN(c3ccc4c(=O)n(CC(F)F)cnc4c3)CC2)c1=O. The van der Waals surface area contributed by atoms with Crippen molar-refractivity contribution in [1.29, 1.82) is 0 Å². The van der Waals surface area contributed by atoms with Crippen molar-refractivity contribution in [3.05, 3.63) is 63.3 Å². The Hall–Kier alpha value is -3.14. The molecule has 1 saturated heterocycles. The summed E-state index contributed by atoms with van der Waals surface area (Å²) in [6.07, 6.45) is 1.83. The second-order valence-electron chi connectivity index (χ2n) is 7.35. The van der Waals surface area contributed by atoms with E-state index in [9.17, 15) is 18.4 Å². The predicted octanol–water partition coefficient (Wildman–Crippen LogP) is 1.08. The van der Waals surface area contributed by atoms with Crippen molar-refractivity contribution in [2.45, 2.75) is 19.5 Å². The summed E-state index contributed by atoms with van der Waals surface area (Å²) in [5.41, 5.74) is 1.40. The highest BCUT2D eigenvalue weighted by atomic mass is 19.3. The Bertz CT molecular complexity index is 1170. The Labute approximate surface area is 171 Å². The van der Waals surface area contributed by atoms with Gasteiger partial charge in [-0.2, -0.15) is 0 Å². The fraction of sp³-hybridized carbons (Fsp3) is 0.400. The van der Waals surface area contributed by atoms with Crippen LogP contribution in [0, 0.1) is 0 Å². The number of hydrogen-bond donors (Lipinski definition) is 0. The molecule has 0 bridgehead atoms. The Morgan fingerprint density at radius 1 is 1.07 bits per heavy atom. The number of benzene rings is 1. The molecule has 0 radical (unpaired) electrons. The predicted molar refractivity (Wildman–Crippen MR) is 109 cm³/mol. The standard InChI is InChI=1S/C20H22F2N6O2/c1-25-5-4-23-17(20(25)30)11-26-6-8-27(9-7-26)14-2-3-15-16(10-14)24-13-28(19(15)29)12-18(21)22/h2-5,10,13,18H,6-9,11-12H2,1H3. The first-order valence-electron chi connectivity index (χ1n) is 9.67. The van der Waals surface area contributed by atoms with Gasteiger partial charge >= 0.3 is 0 Å². The van der Waals surface area contributed by atoms with Crippen LogP contribution in [0.4, 0.5) is 14.5 Å². The van der Waals surface area contributed by atoms with Gasteiger partial charge in [0.15, 0.2) is 0 Å². The van der Waals surface area contributed by atoms with E-state index < -0.39 is 18.5 Å². The molecule has 0 N–H and O–H groups in total. The summed E-state index contributed by atoms with van der Waals surface area (Å²) in [6.45, 7) is 2.87. The second-order valence-corrected chi connectivity index (χ2v) is 7.35. The molecular weight excluding hydrogens is 394 g/mol. The van der Waals surface area contributed by atoms with Gasteiger partial charge in [-0.15, -0.1) is 0 Å². The highest BCUT2D eigenvalue weighted by molar-refractivity contribution is 5.81. The van der Waals surface area contributed by atoms with Crippen molar-refractivity contribution >= 4 is 16.6 Å². The summed E-state index contributed by atoms with van der Waals surface area (Å²) in [5, 5.41) is 0.325. The third kappa shape index (κ3) is 4.09. The molecule has 158 valence electrons. The minimum Gasteiger partial charge on any atom is -0.369 e. The number of nitrogens with zero attached hydrogens (tertiary/aromatic N) is 6. The van der Waals surface area contributed by atoms with Gasteiger partial charge in [-0.05, 0) is 18.2 Å². The number of rotatable bonds is 5. The highest BCUT2D eigenvalue weighted by Crippen LogP contribution is 2.21. The number of fused-ring (bicyclic) bond motifs is 1. The monoisotopic (exact) mass is 416 g/mol. The zero-order valence-corrected chi connectivity index (χ0v) is 16.5. The maximum absolute atomic E-state index is 12.6. The Kier molecular flexibility index (Phi) is 5.58. The summed E-state index contributed by atoms with van der Waals surface area (Å²) in [6, 6.07) is 5.28. The molecule has 0 atom stereocenters. The van der Waals surface area contributed by atoms with E-state index in [1.165, 1.54) is 10.9 Å². The molecule has 2 aromatic heterocycles. The molecule has 0 saturated carbocycles. The molecule has 10 heteroatoms. The number of aromatic nitrogens is 4. The van der Waals surface area contributed by atoms with Crippen LogP contribution in [0.3, 0.4) is 0 Å². The maximum Gasteiger partial charge on any atom is 0.273 e. The van der Waals surface area contributed by atoms with Crippen LogP contribution in [0.15, 0.2) is 46.5 Å². The molecule has 3 heterocycles. The number of alkyl halides is 2. The van der Waals surface area contributed by atoms with Crippen molar-refractivity contribution in [3.63, 3.8) is 0 Å².